The van der Waals surface area contributed by atoms with Crippen molar-refractivity contribution in [2.24, 2.45) is 0 Å². The molecule has 33 heavy (non-hydrogen) atoms. The highest BCUT2D eigenvalue weighted by Gasteiger charge is 2.35. The zero-order valence-electron chi connectivity index (χ0n) is 17.0. The average Bonchev–Trinajstić information content (AvgIpc) is 3.24. The minimum Gasteiger partial charge on any atom is -0.350 e. The van der Waals surface area contributed by atoms with Gasteiger partial charge in [-0.3, -0.25) is 29.4 Å². The number of amides is 3. The minimum absolute atomic E-state index is 0.0280. The summed E-state index contributed by atoms with van der Waals surface area (Å²) < 4.78 is 1.49. The summed E-state index contributed by atoms with van der Waals surface area (Å²) in [4.78, 5) is 53.3. The van der Waals surface area contributed by atoms with Crippen LogP contribution in [0.2, 0.25) is 5.02 Å². The van der Waals surface area contributed by atoms with Crippen molar-refractivity contribution < 1.29 is 19.3 Å². The molecule has 168 valence electrons. The van der Waals surface area contributed by atoms with Gasteiger partial charge in [-0.1, -0.05) is 17.7 Å². The molecule has 1 aliphatic heterocycles. The molecule has 1 fully saturated rings. The van der Waals surface area contributed by atoms with Crippen LogP contribution in [0, 0.1) is 17.0 Å². The number of fused-ring (bicyclic) bond motifs is 1. The molecule has 0 atom stereocenters. The highest BCUT2D eigenvalue weighted by atomic mass is 35.5. The largest absolute Gasteiger partial charge is 0.350 e. The maximum absolute atomic E-state index is 12.7. The lowest BCUT2D eigenvalue weighted by Crippen LogP contribution is -2.37. The van der Waals surface area contributed by atoms with Crippen LogP contribution in [0.5, 0.6) is 0 Å². The van der Waals surface area contributed by atoms with Gasteiger partial charge < -0.3 is 5.32 Å². The fourth-order valence-corrected chi connectivity index (χ4v) is 4.29. The number of hydrogen-bond acceptors (Lipinski definition) is 8. The van der Waals surface area contributed by atoms with E-state index in [9.17, 15) is 24.5 Å². The molecular weight excluding hydrogens is 472 g/mol. The van der Waals surface area contributed by atoms with Crippen molar-refractivity contribution in [1.82, 2.24) is 24.8 Å². The van der Waals surface area contributed by atoms with Crippen LogP contribution in [0.3, 0.4) is 0 Å². The summed E-state index contributed by atoms with van der Waals surface area (Å²) in [6, 6.07) is 5.78. The molecular formula is C20H15ClN6O5S. The second kappa shape index (κ2) is 9.00. The number of carbonyl (C=O) groups excluding carboxylic acids is 3. The third-order valence-electron chi connectivity index (χ3n) is 4.76. The molecule has 3 aromatic rings. The Morgan fingerprint density at radius 1 is 1.36 bits per heavy atom. The van der Waals surface area contributed by atoms with E-state index in [4.69, 9.17) is 11.6 Å². The Morgan fingerprint density at radius 2 is 2.15 bits per heavy atom. The van der Waals surface area contributed by atoms with Crippen LogP contribution in [0.1, 0.15) is 21.6 Å². The van der Waals surface area contributed by atoms with E-state index >= 15 is 0 Å². The number of nitro groups is 1. The molecule has 0 spiro atoms. The average molecular weight is 487 g/mol. The number of carbonyl (C=O) groups is 3. The molecule has 0 bridgehead atoms. The summed E-state index contributed by atoms with van der Waals surface area (Å²) in [6.45, 7) is 1.67. The number of benzene rings is 1. The number of nitrogens with one attached hydrogen (secondary N) is 1. The van der Waals surface area contributed by atoms with Crippen LogP contribution in [0.4, 0.5) is 10.5 Å². The highest BCUT2D eigenvalue weighted by Crippen LogP contribution is 2.33. The summed E-state index contributed by atoms with van der Waals surface area (Å²) in [5.41, 5.74) is 1.27. The fraction of sp³-hybridized carbons (Fsp3) is 0.150. The molecule has 1 N–H and O–H groups in total. The van der Waals surface area contributed by atoms with Gasteiger partial charge in [0.1, 0.15) is 10.6 Å². The van der Waals surface area contributed by atoms with Gasteiger partial charge in [0.25, 0.3) is 22.7 Å². The minimum atomic E-state index is -0.630. The predicted molar refractivity (Wildman–Crippen MR) is 121 cm³/mol. The molecule has 3 heterocycles. The van der Waals surface area contributed by atoms with Crippen molar-refractivity contribution in [3.05, 3.63) is 73.5 Å². The summed E-state index contributed by atoms with van der Waals surface area (Å²) in [7, 11) is 0. The highest BCUT2D eigenvalue weighted by molar-refractivity contribution is 8.18. The predicted octanol–water partition coefficient (Wildman–Crippen LogP) is 3.07. The van der Waals surface area contributed by atoms with Gasteiger partial charge in [-0.05, 0) is 42.5 Å². The first-order valence-electron chi connectivity index (χ1n) is 9.53. The lowest BCUT2D eigenvalue weighted by atomic mass is 10.2. The summed E-state index contributed by atoms with van der Waals surface area (Å²) in [5.74, 6) is -0.970. The first-order chi connectivity index (χ1) is 15.8. The lowest BCUT2D eigenvalue weighted by molar-refractivity contribution is -0.384. The van der Waals surface area contributed by atoms with E-state index in [0.29, 0.717) is 34.2 Å². The number of rotatable bonds is 6. The lowest BCUT2D eigenvalue weighted by Gasteiger charge is -2.12. The first-order valence-corrected chi connectivity index (χ1v) is 10.7. The smallest absolute Gasteiger partial charge is 0.293 e. The van der Waals surface area contributed by atoms with E-state index < -0.39 is 22.0 Å². The molecule has 0 radical (unpaired) electrons. The number of hydrogen-bond donors (Lipinski definition) is 1. The van der Waals surface area contributed by atoms with E-state index in [2.05, 4.69) is 15.4 Å². The second-order valence-corrected chi connectivity index (χ2v) is 8.31. The Kier molecular flexibility index (Phi) is 6.11. The van der Waals surface area contributed by atoms with Gasteiger partial charge >= 0.3 is 0 Å². The molecule has 0 saturated carbocycles. The molecule has 13 heteroatoms. The van der Waals surface area contributed by atoms with Crippen molar-refractivity contribution in [2.45, 2.75) is 6.92 Å². The van der Waals surface area contributed by atoms with Crippen LogP contribution < -0.4 is 5.32 Å². The number of nitrogens with zero attached hydrogens (tertiary/aromatic N) is 5. The SMILES string of the molecule is Cc1nn2cccnc2c1C(=O)NCCN1C(=O)S/C(=C/c2ccc(Cl)c([N+](=O)[O-])c2)C1=O. The molecule has 0 unspecified atom stereocenters. The van der Waals surface area contributed by atoms with E-state index in [1.807, 2.05) is 0 Å². The normalized spacial score (nSPS) is 15.0. The number of aromatic nitrogens is 3. The van der Waals surface area contributed by atoms with E-state index in [-0.39, 0.29) is 28.7 Å². The molecule has 11 nitrogen and oxygen atoms in total. The van der Waals surface area contributed by atoms with Crippen LogP contribution in [-0.2, 0) is 4.79 Å². The Balaban J connectivity index is 1.43. The van der Waals surface area contributed by atoms with E-state index in [1.54, 1.807) is 25.4 Å². The summed E-state index contributed by atoms with van der Waals surface area (Å²) in [6.07, 6.45) is 4.62. The van der Waals surface area contributed by atoms with Crippen molar-refractivity contribution in [1.29, 1.82) is 0 Å². The van der Waals surface area contributed by atoms with Gasteiger partial charge in [0.2, 0.25) is 0 Å². The topological polar surface area (TPSA) is 140 Å². The Hall–Kier alpha value is -3.77. The van der Waals surface area contributed by atoms with Crippen LogP contribution in [0.15, 0.2) is 41.6 Å². The van der Waals surface area contributed by atoms with E-state index in [0.717, 1.165) is 4.90 Å². The number of aryl methyl sites for hydroxylation is 1. The molecule has 2 aromatic heterocycles. The summed E-state index contributed by atoms with van der Waals surface area (Å²) in [5, 5.41) is 17.4. The van der Waals surface area contributed by atoms with E-state index in [1.165, 1.54) is 28.8 Å². The zero-order valence-corrected chi connectivity index (χ0v) is 18.6. The maximum atomic E-state index is 12.7. The van der Waals surface area contributed by atoms with Gasteiger partial charge in [-0.2, -0.15) is 5.10 Å². The van der Waals surface area contributed by atoms with Crippen LogP contribution in [-0.4, -0.2) is 54.6 Å². The molecule has 3 amide bonds. The quantitative estimate of drug-likeness (QED) is 0.318. The zero-order chi connectivity index (χ0) is 23.7. The Bertz CT molecular complexity index is 1350. The van der Waals surface area contributed by atoms with Crippen LogP contribution in [0.25, 0.3) is 11.7 Å². The number of halogens is 1. The monoisotopic (exact) mass is 486 g/mol. The standard InChI is InChI=1S/C20H15ClN6O5S/c1-11-16(17-22-5-2-7-26(17)24-11)18(28)23-6-8-25-19(29)15(33-20(25)30)10-12-3-4-13(21)14(9-12)27(31)32/h2-5,7,9-10H,6,8H2,1H3,(H,23,28)/b15-10+. The number of imide groups is 1. The van der Waals surface area contributed by atoms with Gasteiger partial charge in [-0.25, -0.2) is 9.50 Å². The molecule has 0 aliphatic carbocycles. The Morgan fingerprint density at radius 3 is 2.91 bits per heavy atom. The number of thioether (sulfide) groups is 1. The van der Waals surface area contributed by atoms with Gasteiger partial charge in [0, 0.05) is 31.5 Å². The number of nitro benzene ring substituents is 1. The summed E-state index contributed by atoms with van der Waals surface area (Å²) >= 11 is 6.52. The third kappa shape index (κ3) is 4.43. The maximum Gasteiger partial charge on any atom is 0.293 e. The third-order valence-corrected chi connectivity index (χ3v) is 5.98. The van der Waals surface area contributed by atoms with Crippen LogP contribution >= 0.6 is 23.4 Å². The van der Waals surface area contributed by atoms with Crippen molar-refractivity contribution in [2.75, 3.05) is 13.1 Å². The van der Waals surface area contributed by atoms with Gasteiger partial charge in [0.15, 0.2) is 5.65 Å². The van der Waals surface area contributed by atoms with Gasteiger partial charge in [-0.15, -0.1) is 0 Å². The molecule has 1 aliphatic rings. The van der Waals surface area contributed by atoms with Gasteiger partial charge in [0.05, 0.1) is 15.5 Å². The fourth-order valence-electron chi connectivity index (χ4n) is 3.24. The Labute approximate surface area is 195 Å². The first kappa shape index (κ1) is 22.4. The second-order valence-electron chi connectivity index (χ2n) is 6.91. The molecule has 1 aromatic carbocycles. The molecule has 1 saturated heterocycles. The molecule has 4 rings (SSSR count). The van der Waals surface area contributed by atoms with Crippen molar-refractivity contribution >= 4 is 57.8 Å². The van der Waals surface area contributed by atoms with Crippen molar-refractivity contribution in [3.8, 4) is 0 Å². The van der Waals surface area contributed by atoms with Crippen molar-refractivity contribution in [3.63, 3.8) is 0 Å².